The van der Waals surface area contributed by atoms with Crippen molar-refractivity contribution in [1.29, 1.82) is 0 Å². The Balaban J connectivity index is 1.83. The van der Waals surface area contributed by atoms with E-state index in [4.69, 9.17) is 19.3 Å². The van der Waals surface area contributed by atoms with Crippen LogP contribution >= 0.6 is 0 Å². The van der Waals surface area contributed by atoms with Crippen molar-refractivity contribution in [1.82, 2.24) is 4.98 Å². The molecular weight excluding hydrogens is 286 g/mol. The highest BCUT2D eigenvalue weighted by molar-refractivity contribution is 5.85. The Hall–Kier alpha value is -2.44. The molecule has 6 heteroatoms. The predicted octanol–water partition coefficient (Wildman–Crippen LogP) is 2.40. The molecule has 1 aliphatic rings. The molecule has 114 valence electrons. The Labute approximate surface area is 127 Å². The third-order valence-electron chi connectivity index (χ3n) is 3.19. The fraction of sp³-hybridized carbons (Fsp3) is 0.250. The van der Waals surface area contributed by atoms with Gasteiger partial charge in [0.25, 0.3) is 0 Å². The number of aromatic nitrogens is 1. The van der Waals surface area contributed by atoms with Gasteiger partial charge in [0.1, 0.15) is 23.7 Å². The van der Waals surface area contributed by atoms with Gasteiger partial charge in [0.05, 0.1) is 13.2 Å². The molecule has 1 aromatic heterocycles. The molecule has 0 amide bonds. The number of nitrogens with zero attached hydrogens (tertiary/aromatic N) is 1. The normalized spacial score (nSPS) is 14.9. The van der Waals surface area contributed by atoms with Crippen molar-refractivity contribution in [2.45, 2.75) is 12.9 Å². The van der Waals surface area contributed by atoms with Gasteiger partial charge in [0, 0.05) is 0 Å². The first kappa shape index (κ1) is 14.5. The van der Waals surface area contributed by atoms with Gasteiger partial charge in [-0.25, -0.2) is 9.78 Å². The highest BCUT2D eigenvalue weighted by Gasteiger charge is 2.25. The van der Waals surface area contributed by atoms with E-state index in [0.29, 0.717) is 31.3 Å². The lowest BCUT2D eigenvalue weighted by atomic mass is 10.2. The first-order chi connectivity index (χ1) is 10.7. The van der Waals surface area contributed by atoms with Crippen molar-refractivity contribution >= 4 is 5.97 Å². The molecule has 2 heterocycles. The Morgan fingerprint density at radius 1 is 1.18 bits per heavy atom. The summed E-state index contributed by atoms with van der Waals surface area (Å²) in [5.41, 5.74) is 1.29. The third-order valence-corrected chi connectivity index (χ3v) is 3.19. The molecule has 6 nitrogen and oxygen atoms in total. The number of carboxylic acid groups (broad SMARTS) is 1. The number of rotatable bonds is 5. The summed E-state index contributed by atoms with van der Waals surface area (Å²) in [5.74, 6) is -0.644. The van der Waals surface area contributed by atoms with Crippen molar-refractivity contribution in [2.24, 2.45) is 0 Å². The van der Waals surface area contributed by atoms with E-state index in [1.54, 1.807) is 6.07 Å². The first-order valence-electron chi connectivity index (χ1n) is 6.88. The lowest BCUT2D eigenvalue weighted by Gasteiger charge is -2.15. The smallest absolute Gasteiger partial charge is 0.354 e. The molecule has 1 aliphatic heterocycles. The molecule has 0 spiro atoms. The van der Waals surface area contributed by atoms with E-state index in [9.17, 15) is 4.79 Å². The standard InChI is InChI=1S/C16H15NO5/c18-15(19)12-6-7-13(14(17-12)16-20-8-9-21-16)22-10-11-4-2-1-3-5-11/h1-7,16H,8-10H2,(H,18,19). The van der Waals surface area contributed by atoms with Crippen LogP contribution in [-0.2, 0) is 16.1 Å². The van der Waals surface area contributed by atoms with Crippen LogP contribution in [0.5, 0.6) is 5.75 Å². The minimum absolute atomic E-state index is 0.0684. The van der Waals surface area contributed by atoms with Crippen molar-refractivity contribution in [3.63, 3.8) is 0 Å². The monoisotopic (exact) mass is 301 g/mol. The quantitative estimate of drug-likeness (QED) is 0.913. The lowest BCUT2D eigenvalue weighted by Crippen LogP contribution is -2.10. The minimum atomic E-state index is -1.10. The summed E-state index contributed by atoms with van der Waals surface area (Å²) in [6.07, 6.45) is -0.690. The molecule has 0 saturated carbocycles. The SMILES string of the molecule is O=C(O)c1ccc(OCc2ccccc2)c(C2OCCO2)n1. The second-order valence-electron chi connectivity index (χ2n) is 4.73. The molecule has 0 atom stereocenters. The van der Waals surface area contributed by atoms with Gasteiger partial charge in [-0.05, 0) is 17.7 Å². The molecular formula is C16H15NO5. The van der Waals surface area contributed by atoms with E-state index in [1.807, 2.05) is 30.3 Å². The van der Waals surface area contributed by atoms with E-state index in [2.05, 4.69) is 4.98 Å². The Morgan fingerprint density at radius 3 is 2.59 bits per heavy atom. The van der Waals surface area contributed by atoms with Gasteiger partial charge in [-0.3, -0.25) is 0 Å². The van der Waals surface area contributed by atoms with Crippen LogP contribution in [0.4, 0.5) is 0 Å². The number of carboxylic acids is 1. The Kier molecular flexibility index (Phi) is 4.32. The van der Waals surface area contributed by atoms with Crippen LogP contribution in [0.2, 0.25) is 0 Å². The van der Waals surface area contributed by atoms with Crippen LogP contribution in [0.15, 0.2) is 42.5 Å². The number of hydrogen-bond donors (Lipinski definition) is 1. The molecule has 3 rings (SSSR count). The number of carbonyl (C=O) groups is 1. The fourth-order valence-electron chi connectivity index (χ4n) is 2.12. The first-order valence-corrected chi connectivity index (χ1v) is 6.88. The topological polar surface area (TPSA) is 77.9 Å². The van der Waals surface area contributed by atoms with E-state index < -0.39 is 12.3 Å². The molecule has 0 aliphatic carbocycles. The molecule has 0 radical (unpaired) electrons. The summed E-state index contributed by atoms with van der Waals surface area (Å²) in [4.78, 5) is 15.2. The maximum atomic E-state index is 11.1. The second kappa shape index (κ2) is 6.55. The van der Waals surface area contributed by atoms with Crippen LogP contribution in [0.3, 0.4) is 0 Å². The zero-order valence-corrected chi connectivity index (χ0v) is 11.8. The summed E-state index contributed by atoms with van der Waals surface area (Å²) in [7, 11) is 0. The molecule has 1 fully saturated rings. The number of aromatic carboxylic acids is 1. The van der Waals surface area contributed by atoms with Crippen LogP contribution < -0.4 is 4.74 Å². The molecule has 22 heavy (non-hydrogen) atoms. The van der Waals surface area contributed by atoms with Gasteiger partial charge in [-0.15, -0.1) is 0 Å². The van der Waals surface area contributed by atoms with Crippen molar-refractivity contribution < 1.29 is 24.1 Å². The van der Waals surface area contributed by atoms with Crippen molar-refractivity contribution in [2.75, 3.05) is 13.2 Å². The lowest BCUT2D eigenvalue weighted by molar-refractivity contribution is -0.0492. The average Bonchev–Trinajstić information content (AvgIpc) is 3.08. The van der Waals surface area contributed by atoms with Gasteiger partial charge >= 0.3 is 5.97 Å². The summed E-state index contributed by atoms with van der Waals surface area (Å²) in [6, 6.07) is 12.7. The number of ether oxygens (including phenoxy) is 3. The van der Waals surface area contributed by atoms with E-state index in [1.165, 1.54) is 6.07 Å². The van der Waals surface area contributed by atoms with Crippen LogP contribution in [0, 0.1) is 0 Å². The number of pyridine rings is 1. The zero-order chi connectivity index (χ0) is 15.4. The molecule has 1 N–H and O–H groups in total. The van der Waals surface area contributed by atoms with Crippen molar-refractivity contribution in [3.8, 4) is 5.75 Å². The molecule has 1 saturated heterocycles. The zero-order valence-electron chi connectivity index (χ0n) is 11.8. The van der Waals surface area contributed by atoms with Gasteiger partial charge < -0.3 is 19.3 Å². The Morgan fingerprint density at radius 2 is 1.91 bits per heavy atom. The predicted molar refractivity (Wildman–Crippen MR) is 76.6 cm³/mol. The van der Waals surface area contributed by atoms with Gasteiger partial charge in [-0.2, -0.15) is 0 Å². The van der Waals surface area contributed by atoms with Gasteiger partial charge in [0.15, 0.2) is 0 Å². The van der Waals surface area contributed by atoms with E-state index in [-0.39, 0.29) is 5.69 Å². The van der Waals surface area contributed by atoms with Gasteiger partial charge in [0.2, 0.25) is 6.29 Å². The summed E-state index contributed by atoms with van der Waals surface area (Å²) in [5, 5.41) is 9.07. The Bertz CT molecular complexity index is 653. The fourth-order valence-corrected chi connectivity index (χ4v) is 2.12. The van der Waals surface area contributed by atoms with Gasteiger partial charge in [-0.1, -0.05) is 30.3 Å². The average molecular weight is 301 g/mol. The third kappa shape index (κ3) is 3.24. The summed E-state index contributed by atoms with van der Waals surface area (Å²) >= 11 is 0. The number of hydrogen-bond acceptors (Lipinski definition) is 5. The van der Waals surface area contributed by atoms with E-state index in [0.717, 1.165) is 5.56 Å². The summed E-state index contributed by atoms with van der Waals surface area (Å²) < 4.78 is 16.6. The maximum absolute atomic E-state index is 11.1. The molecule has 1 aromatic carbocycles. The molecule has 2 aromatic rings. The molecule has 0 unspecified atom stereocenters. The number of benzene rings is 1. The largest absolute Gasteiger partial charge is 0.487 e. The maximum Gasteiger partial charge on any atom is 0.354 e. The van der Waals surface area contributed by atoms with Crippen LogP contribution in [-0.4, -0.2) is 29.3 Å². The van der Waals surface area contributed by atoms with Crippen LogP contribution in [0.25, 0.3) is 0 Å². The molecule has 0 bridgehead atoms. The van der Waals surface area contributed by atoms with E-state index >= 15 is 0 Å². The highest BCUT2D eigenvalue weighted by Crippen LogP contribution is 2.30. The summed E-state index contributed by atoms with van der Waals surface area (Å²) in [6.45, 7) is 1.25. The second-order valence-corrected chi connectivity index (χ2v) is 4.73. The van der Waals surface area contributed by atoms with Crippen LogP contribution in [0.1, 0.15) is 28.0 Å². The highest BCUT2D eigenvalue weighted by atomic mass is 16.7. The van der Waals surface area contributed by atoms with Crippen molar-refractivity contribution in [3.05, 3.63) is 59.4 Å². The minimum Gasteiger partial charge on any atom is -0.487 e.